The first-order valence-electron chi connectivity index (χ1n) is 6.33. The number of sulfonamides is 1. The molecule has 0 spiro atoms. The van der Waals surface area contributed by atoms with E-state index < -0.39 is 10.0 Å². The number of hydrogen-bond acceptors (Lipinski definition) is 4. The van der Waals surface area contributed by atoms with Crippen molar-refractivity contribution in [3.63, 3.8) is 0 Å². The van der Waals surface area contributed by atoms with Gasteiger partial charge in [-0.25, -0.2) is 13.1 Å². The van der Waals surface area contributed by atoms with Crippen LogP contribution in [0.1, 0.15) is 24.8 Å². The highest BCUT2D eigenvalue weighted by molar-refractivity contribution is 7.89. The van der Waals surface area contributed by atoms with Gasteiger partial charge in [-0.15, -0.1) is 0 Å². The first-order chi connectivity index (χ1) is 8.92. The number of nitrogen functional groups attached to an aromatic ring is 1. The molecule has 2 atom stereocenters. The van der Waals surface area contributed by atoms with Crippen molar-refractivity contribution >= 4 is 15.7 Å². The number of aryl methyl sites for hydroxylation is 1. The standard InChI is InChI=1S/C13H20N2O3S/c1-9-7-10(14)3-6-13(9)19(16,17)15-11-4-5-12(8-11)18-2/h3,6-7,11-12,15H,4-5,8,14H2,1-2H3. The number of anilines is 1. The average molecular weight is 284 g/mol. The molecule has 0 aliphatic heterocycles. The zero-order chi connectivity index (χ0) is 14.0. The van der Waals surface area contributed by atoms with Crippen molar-refractivity contribution in [3.8, 4) is 0 Å². The lowest BCUT2D eigenvalue weighted by atomic mass is 10.2. The summed E-state index contributed by atoms with van der Waals surface area (Å²) in [6.45, 7) is 1.75. The fourth-order valence-electron chi connectivity index (χ4n) is 2.52. The molecule has 3 N–H and O–H groups in total. The molecular weight excluding hydrogens is 264 g/mol. The Hall–Kier alpha value is -1.11. The Balaban J connectivity index is 2.14. The molecule has 2 rings (SSSR count). The van der Waals surface area contributed by atoms with Gasteiger partial charge in [0.1, 0.15) is 0 Å². The number of benzene rings is 1. The van der Waals surface area contributed by atoms with Gasteiger partial charge in [0, 0.05) is 18.8 Å². The first kappa shape index (κ1) is 14.3. The van der Waals surface area contributed by atoms with Crippen LogP contribution < -0.4 is 10.5 Å². The van der Waals surface area contributed by atoms with Crippen LogP contribution >= 0.6 is 0 Å². The number of ether oxygens (including phenoxy) is 1. The van der Waals surface area contributed by atoms with Gasteiger partial charge in [-0.2, -0.15) is 0 Å². The Bertz CT molecular complexity index is 557. The Morgan fingerprint density at radius 3 is 2.68 bits per heavy atom. The summed E-state index contributed by atoms with van der Waals surface area (Å²) in [7, 11) is -1.83. The lowest BCUT2D eigenvalue weighted by Gasteiger charge is -2.15. The predicted octanol–water partition coefficient (Wildman–Crippen LogP) is 1.42. The molecule has 1 aromatic rings. The average Bonchev–Trinajstić information content (AvgIpc) is 2.75. The molecule has 0 bridgehead atoms. The summed E-state index contributed by atoms with van der Waals surface area (Å²) in [5, 5.41) is 0. The minimum absolute atomic E-state index is 0.0492. The second-order valence-corrected chi connectivity index (χ2v) is 6.70. The quantitative estimate of drug-likeness (QED) is 0.819. The maximum absolute atomic E-state index is 12.3. The zero-order valence-electron chi connectivity index (χ0n) is 11.2. The summed E-state index contributed by atoms with van der Waals surface area (Å²) in [5.41, 5.74) is 6.87. The Morgan fingerprint density at radius 1 is 1.37 bits per heavy atom. The molecule has 19 heavy (non-hydrogen) atoms. The van der Waals surface area contributed by atoms with Crippen molar-refractivity contribution < 1.29 is 13.2 Å². The Labute approximate surface area is 114 Å². The van der Waals surface area contributed by atoms with E-state index in [4.69, 9.17) is 10.5 Å². The van der Waals surface area contributed by atoms with Crippen molar-refractivity contribution in [2.24, 2.45) is 0 Å². The van der Waals surface area contributed by atoms with E-state index in [1.165, 1.54) is 0 Å². The van der Waals surface area contributed by atoms with E-state index in [2.05, 4.69) is 4.72 Å². The second kappa shape index (κ2) is 5.48. The van der Waals surface area contributed by atoms with Crippen LogP contribution in [-0.2, 0) is 14.8 Å². The molecule has 1 aliphatic rings. The fourth-order valence-corrected chi connectivity index (χ4v) is 4.03. The van der Waals surface area contributed by atoms with Crippen molar-refractivity contribution in [3.05, 3.63) is 23.8 Å². The number of rotatable bonds is 4. The largest absolute Gasteiger partial charge is 0.399 e. The molecule has 2 unspecified atom stereocenters. The van der Waals surface area contributed by atoms with Gasteiger partial charge in [0.05, 0.1) is 11.0 Å². The van der Waals surface area contributed by atoms with Gasteiger partial charge in [-0.1, -0.05) is 0 Å². The molecular formula is C13H20N2O3S. The van der Waals surface area contributed by atoms with Crippen LogP contribution in [0.15, 0.2) is 23.1 Å². The highest BCUT2D eigenvalue weighted by Crippen LogP contribution is 2.24. The molecule has 0 amide bonds. The molecule has 0 heterocycles. The third-order valence-electron chi connectivity index (χ3n) is 3.53. The molecule has 0 saturated heterocycles. The van der Waals surface area contributed by atoms with Crippen molar-refractivity contribution in [1.29, 1.82) is 0 Å². The normalized spacial score (nSPS) is 23.7. The van der Waals surface area contributed by atoms with Gasteiger partial charge in [0.25, 0.3) is 0 Å². The van der Waals surface area contributed by atoms with Crippen molar-refractivity contribution in [1.82, 2.24) is 4.72 Å². The van der Waals surface area contributed by atoms with E-state index in [-0.39, 0.29) is 12.1 Å². The minimum Gasteiger partial charge on any atom is -0.399 e. The van der Waals surface area contributed by atoms with Crippen LogP contribution in [0.4, 0.5) is 5.69 Å². The van der Waals surface area contributed by atoms with E-state index >= 15 is 0 Å². The summed E-state index contributed by atoms with van der Waals surface area (Å²) < 4.78 is 32.6. The van der Waals surface area contributed by atoms with Crippen LogP contribution in [0.3, 0.4) is 0 Å². The molecule has 6 heteroatoms. The van der Waals surface area contributed by atoms with Gasteiger partial charge in [0.2, 0.25) is 10.0 Å². The highest BCUT2D eigenvalue weighted by Gasteiger charge is 2.29. The van der Waals surface area contributed by atoms with Crippen LogP contribution in [0.2, 0.25) is 0 Å². The van der Waals surface area contributed by atoms with Gasteiger partial charge in [0.15, 0.2) is 0 Å². The summed E-state index contributed by atoms with van der Waals surface area (Å²) in [4.78, 5) is 0.294. The summed E-state index contributed by atoms with van der Waals surface area (Å²) >= 11 is 0. The summed E-state index contributed by atoms with van der Waals surface area (Å²) in [6, 6.07) is 4.78. The second-order valence-electron chi connectivity index (χ2n) is 5.01. The number of nitrogens with two attached hydrogens (primary N) is 1. The Kier molecular flexibility index (Phi) is 4.13. The lowest BCUT2D eigenvalue weighted by molar-refractivity contribution is 0.107. The lowest BCUT2D eigenvalue weighted by Crippen LogP contribution is -2.33. The van der Waals surface area contributed by atoms with Crippen LogP contribution in [0.5, 0.6) is 0 Å². The van der Waals surface area contributed by atoms with E-state index in [9.17, 15) is 8.42 Å². The fraction of sp³-hybridized carbons (Fsp3) is 0.538. The predicted molar refractivity (Wildman–Crippen MR) is 74.3 cm³/mol. The van der Waals surface area contributed by atoms with E-state index in [1.807, 2.05) is 0 Å². The first-order valence-corrected chi connectivity index (χ1v) is 7.82. The number of nitrogens with one attached hydrogen (secondary N) is 1. The molecule has 0 radical (unpaired) electrons. The van der Waals surface area contributed by atoms with Gasteiger partial charge in [-0.3, -0.25) is 0 Å². The van der Waals surface area contributed by atoms with E-state index in [1.54, 1.807) is 32.2 Å². The van der Waals surface area contributed by atoms with Crippen LogP contribution in [0, 0.1) is 6.92 Å². The Morgan fingerprint density at radius 2 is 2.11 bits per heavy atom. The molecule has 1 fully saturated rings. The molecule has 1 aliphatic carbocycles. The minimum atomic E-state index is -3.48. The van der Waals surface area contributed by atoms with Gasteiger partial charge in [-0.05, 0) is 49.9 Å². The molecule has 0 aromatic heterocycles. The monoisotopic (exact) mass is 284 g/mol. The van der Waals surface area contributed by atoms with Crippen molar-refractivity contribution in [2.75, 3.05) is 12.8 Å². The highest BCUT2D eigenvalue weighted by atomic mass is 32.2. The van der Waals surface area contributed by atoms with Crippen molar-refractivity contribution in [2.45, 2.75) is 43.2 Å². The van der Waals surface area contributed by atoms with Gasteiger partial charge >= 0.3 is 0 Å². The maximum Gasteiger partial charge on any atom is 0.241 e. The number of methoxy groups -OCH3 is 1. The van der Waals surface area contributed by atoms with E-state index in [0.29, 0.717) is 16.1 Å². The molecule has 1 aromatic carbocycles. The molecule has 5 nitrogen and oxygen atoms in total. The van der Waals surface area contributed by atoms with Crippen LogP contribution in [-0.4, -0.2) is 27.7 Å². The molecule has 1 saturated carbocycles. The summed E-state index contributed by atoms with van der Waals surface area (Å²) in [6.07, 6.45) is 2.58. The SMILES string of the molecule is COC1CCC(NS(=O)(=O)c2ccc(N)cc2C)C1. The topological polar surface area (TPSA) is 81.4 Å². The van der Waals surface area contributed by atoms with E-state index in [0.717, 1.165) is 19.3 Å². The smallest absolute Gasteiger partial charge is 0.241 e. The zero-order valence-corrected chi connectivity index (χ0v) is 12.0. The maximum atomic E-state index is 12.3. The third kappa shape index (κ3) is 3.26. The number of hydrogen-bond donors (Lipinski definition) is 2. The van der Waals surface area contributed by atoms with Crippen LogP contribution in [0.25, 0.3) is 0 Å². The third-order valence-corrected chi connectivity index (χ3v) is 5.21. The molecule has 106 valence electrons. The summed E-state index contributed by atoms with van der Waals surface area (Å²) in [5.74, 6) is 0. The van der Waals surface area contributed by atoms with Gasteiger partial charge < -0.3 is 10.5 Å².